The third kappa shape index (κ3) is 3.85. The lowest BCUT2D eigenvalue weighted by atomic mass is 9.76. The predicted octanol–water partition coefficient (Wildman–Crippen LogP) is 3.16. The molecule has 0 amide bonds. The van der Waals surface area contributed by atoms with Crippen molar-refractivity contribution in [1.29, 1.82) is 0 Å². The van der Waals surface area contributed by atoms with Crippen LogP contribution >= 0.6 is 11.3 Å². The molecule has 0 N–H and O–H groups in total. The molecule has 1 atom stereocenters. The van der Waals surface area contributed by atoms with E-state index in [1.807, 2.05) is 7.11 Å². The van der Waals surface area contributed by atoms with Gasteiger partial charge >= 0.3 is 0 Å². The smallest absolute Gasteiger partial charge is 0.0897 e. The standard InChI is InChI=1S/C19H31N3OS/c1-15-20-17(13-24-15)11-22-14-19(9-18(22)12-23-2)5-7-21(8-6-19)10-16-3-4-16/h13,16,18H,3-12,14H2,1-2H3. The van der Waals surface area contributed by atoms with E-state index in [2.05, 4.69) is 27.1 Å². The van der Waals surface area contributed by atoms with E-state index in [0.717, 1.165) is 19.1 Å². The third-order valence-corrected chi connectivity index (χ3v) is 7.07. The van der Waals surface area contributed by atoms with Crippen molar-refractivity contribution < 1.29 is 4.74 Å². The molecule has 2 saturated heterocycles. The monoisotopic (exact) mass is 349 g/mol. The zero-order chi connectivity index (χ0) is 16.6. The fourth-order valence-corrected chi connectivity index (χ4v) is 5.33. The van der Waals surface area contributed by atoms with Gasteiger partial charge in [-0.25, -0.2) is 4.98 Å². The van der Waals surface area contributed by atoms with Crippen molar-refractivity contribution in [2.24, 2.45) is 11.3 Å². The second-order valence-corrected chi connectivity index (χ2v) is 9.38. The largest absolute Gasteiger partial charge is 0.383 e. The molecule has 4 nitrogen and oxygen atoms in total. The highest BCUT2D eigenvalue weighted by molar-refractivity contribution is 7.09. The van der Waals surface area contributed by atoms with Crippen molar-refractivity contribution in [1.82, 2.24) is 14.8 Å². The number of likely N-dealkylation sites (tertiary alicyclic amines) is 2. The summed E-state index contributed by atoms with van der Waals surface area (Å²) in [7, 11) is 1.84. The van der Waals surface area contributed by atoms with Gasteiger partial charge in [0.05, 0.1) is 17.3 Å². The van der Waals surface area contributed by atoms with E-state index in [1.54, 1.807) is 11.3 Å². The lowest BCUT2D eigenvalue weighted by Crippen LogP contribution is -2.42. The van der Waals surface area contributed by atoms with Gasteiger partial charge in [0.2, 0.25) is 0 Å². The summed E-state index contributed by atoms with van der Waals surface area (Å²) in [6.45, 7) is 9.15. The Kier molecular flexibility index (Phi) is 4.96. The van der Waals surface area contributed by atoms with Crippen LogP contribution in [0.15, 0.2) is 5.38 Å². The van der Waals surface area contributed by atoms with E-state index in [-0.39, 0.29) is 0 Å². The van der Waals surface area contributed by atoms with Gasteiger partial charge in [-0.15, -0.1) is 11.3 Å². The van der Waals surface area contributed by atoms with E-state index in [0.29, 0.717) is 11.5 Å². The lowest BCUT2D eigenvalue weighted by Gasteiger charge is -2.39. The highest BCUT2D eigenvalue weighted by Crippen LogP contribution is 2.44. The summed E-state index contributed by atoms with van der Waals surface area (Å²) in [6, 6.07) is 0.562. The molecule has 5 heteroatoms. The van der Waals surface area contributed by atoms with Crippen LogP contribution in [-0.2, 0) is 11.3 Å². The summed E-state index contributed by atoms with van der Waals surface area (Å²) < 4.78 is 5.55. The Morgan fingerprint density at radius 3 is 2.75 bits per heavy atom. The van der Waals surface area contributed by atoms with Gasteiger partial charge in [-0.3, -0.25) is 4.90 Å². The maximum absolute atomic E-state index is 5.55. The quantitative estimate of drug-likeness (QED) is 0.789. The molecule has 0 radical (unpaired) electrons. The second-order valence-electron chi connectivity index (χ2n) is 8.32. The van der Waals surface area contributed by atoms with Crippen LogP contribution in [0.25, 0.3) is 0 Å². The van der Waals surface area contributed by atoms with Crippen molar-refractivity contribution in [3.8, 4) is 0 Å². The lowest BCUT2D eigenvalue weighted by molar-refractivity contribution is 0.102. The van der Waals surface area contributed by atoms with Crippen LogP contribution in [0.5, 0.6) is 0 Å². The Balaban J connectivity index is 1.38. The topological polar surface area (TPSA) is 28.6 Å². The number of hydrogen-bond acceptors (Lipinski definition) is 5. The molecule has 0 aromatic carbocycles. The molecule has 1 aromatic rings. The van der Waals surface area contributed by atoms with Crippen LogP contribution in [0, 0.1) is 18.3 Å². The Morgan fingerprint density at radius 2 is 2.12 bits per heavy atom. The molecule has 2 aliphatic heterocycles. The Bertz CT molecular complexity index is 549. The predicted molar refractivity (Wildman–Crippen MR) is 98.4 cm³/mol. The van der Waals surface area contributed by atoms with Crippen LogP contribution in [0.2, 0.25) is 0 Å². The van der Waals surface area contributed by atoms with Crippen molar-refractivity contribution in [2.75, 3.05) is 39.9 Å². The molecule has 3 heterocycles. The molecular formula is C19H31N3OS. The molecule has 24 heavy (non-hydrogen) atoms. The fourth-order valence-electron chi connectivity index (χ4n) is 4.72. The summed E-state index contributed by atoms with van der Waals surface area (Å²) in [5.74, 6) is 1.02. The van der Waals surface area contributed by atoms with Crippen molar-refractivity contribution in [3.63, 3.8) is 0 Å². The van der Waals surface area contributed by atoms with Crippen LogP contribution in [-0.4, -0.2) is 60.7 Å². The number of hydrogen-bond donors (Lipinski definition) is 0. The first-order chi connectivity index (χ1) is 11.7. The summed E-state index contributed by atoms with van der Waals surface area (Å²) in [4.78, 5) is 10.1. The molecule has 1 saturated carbocycles. The first-order valence-electron chi connectivity index (χ1n) is 9.52. The van der Waals surface area contributed by atoms with Gasteiger partial charge < -0.3 is 9.64 Å². The van der Waals surface area contributed by atoms with Crippen LogP contribution in [0.1, 0.15) is 42.8 Å². The molecule has 3 aliphatic rings. The van der Waals surface area contributed by atoms with Crippen LogP contribution in [0.3, 0.4) is 0 Å². The Hall–Kier alpha value is -0.490. The summed E-state index contributed by atoms with van der Waals surface area (Å²) >= 11 is 1.77. The van der Waals surface area contributed by atoms with Gasteiger partial charge in [-0.1, -0.05) is 0 Å². The van der Waals surface area contributed by atoms with E-state index >= 15 is 0 Å². The van der Waals surface area contributed by atoms with Gasteiger partial charge in [-0.05, 0) is 63.5 Å². The molecule has 0 bridgehead atoms. The number of piperidine rings is 1. The van der Waals surface area contributed by atoms with Gasteiger partial charge in [0.1, 0.15) is 0 Å². The zero-order valence-electron chi connectivity index (χ0n) is 15.2. The SMILES string of the molecule is COCC1CC2(CCN(CC3CC3)CC2)CN1Cc1csc(C)n1. The van der Waals surface area contributed by atoms with Gasteiger partial charge in [0.25, 0.3) is 0 Å². The number of aryl methyl sites for hydroxylation is 1. The molecule has 1 aliphatic carbocycles. The molecule has 1 spiro atoms. The Morgan fingerprint density at radius 1 is 1.33 bits per heavy atom. The highest BCUT2D eigenvalue weighted by Gasteiger charge is 2.45. The van der Waals surface area contributed by atoms with Crippen molar-refractivity contribution >= 4 is 11.3 Å². The second kappa shape index (κ2) is 7.02. The average molecular weight is 350 g/mol. The number of aromatic nitrogens is 1. The molecule has 4 rings (SSSR count). The van der Waals surface area contributed by atoms with Gasteiger partial charge in [0.15, 0.2) is 0 Å². The van der Waals surface area contributed by atoms with E-state index in [1.165, 1.54) is 69.0 Å². The molecule has 134 valence electrons. The van der Waals surface area contributed by atoms with Crippen LogP contribution < -0.4 is 0 Å². The zero-order valence-corrected chi connectivity index (χ0v) is 16.0. The maximum atomic E-state index is 5.55. The first-order valence-corrected chi connectivity index (χ1v) is 10.4. The summed E-state index contributed by atoms with van der Waals surface area (Å²) in [6.07, 6.45) is 6.98. The van der Waals surface area contributed by atoms with E-state index in [4.69, 9.17) is 4.74 Å². The van der Waals surface area contributed by atoms with E-state index < -0.39 is 0 Å². The minimum Gasteiger partial charge on any atom is -0.383 e. The number of thiazole rings is 1. The Labute approximate surface area is 150 Å². The normalized spacial score (nSPS) is 28.0. The number of nitrogens with zero attached hydrogens (tertiary/aromatic N) is 3. The molecule has 1 unspecified atom stereocenters. The number of ether oxygens (including phenoxy) is 1. The minimum atomic E-state index is 0.522. The summed E-state index contributed by atoms with van der Waals surface area (Å²) in [5.41, 5.74) is 1.76. The third-order valence-electron chi connectivity index (χ3n) is 6.24. The number of methoxy groups -OCH3 is 1. The van der Waals surface area contributed by atoms with Gasteiger partial charge in [0, 0.05) is 38.2 Å². The maximum Gasteiger partial charge on any atom is 0.0897 e. The highest BCUT2D eigenvalue weighted by atomic mass is 32.1. The van der Waals surface area contributed by atoms with E-state index in [9.17, 15) is 0 Å². The summed E-state index contributed by atoms with van der Waals surface area (Å²) in [5, 5.41) is 3.40. The van der Waals surface area contributed by atoms with Crippen molar-refractivity contribution in [3.05, 3.63) is 16.1 Å². The molecule has 3 fully saturated rings. The number of rotatable bonds is 6. The fraction of sp³-hybridized carbons (Fsp3) is 0.842. The minimum absolute atomic E-state index is 0.522. The molecular weight excluding hydrogens is 318 g/mol. The molecule has 1 aromatic heterocycles. The van der Waals surface area contributed by atoms with Crippen LogP contribution in [0.4, 0.5) is 0 Å². The average Bonchev–Trinajstić information content (AvgIpc) is 3.20. The van der Waals surface area contributed by atoms with Gasteiger partial charge in [-0.2, -0.15) is 0 Å². The first kappa shape index (κ1) is 17.0. The van der Waals surface area contributed by atoms with Crippen molar-refractivity contribution in [2.45, 2.75) is 51.6 Å².